The number of carbonyl (C=O) groups excluding carboxylic acids is 3. The summed E-state index contributed by atoms with van der Waals surface area (Å²) in [6, 6.07) is 23.2. The van der Waals surface area contributed by atoms with Gasteiger partial charge in [-0.3, -0.25) is 9.59 Å². The lowest BCUT2D eigenvalue weighted by molar-refractivity contribution is -0.147. The molecule has 3 aromatic carbocycles. The molecule has 7 rings (SSSR count). The molecule has 0 fully saturated rings. The van der Waals surface area contributed by atoms with Gasteiger partial charge in [-0.2, -0.15) is 0 Å². The summed E-state index contributed by atoms with van der Waals surface area (Å²) < 4.78 is 44.9. The van der Waals surface area contributed by atoms with E-state index in [4.69, 9.17) is 37.7 Å². The molecule has 0 saturated carbocycles. The standard InChI is InChI=1S/C48H53N5O13/c1-30-8-13-36-41(22-30)62-20-21-63-42-25-35(48-33-11-9-31(49(2)3)23-39(33)65-40-24-32(50(4)5)10-12-34(40)48)38(64-29-47(58)66-53-43(54)14-15-44(53)55)26-37(42)52(28-46(57)60-7)17-19-61-18-16-51(36)27-45(56)59-6/h8-15,22-26H,16-21,27-29H2,1-7H3,(H-,54,55)/p+1. The van der Waals surface area contributed by atoms with Crippen molar-refractivity contribution in [3.63, 3.8) is 0 Å². The molecule has 0 amide bonds. The third-order valence-corrected chi connectivity index (χ3v) is 10.9. The highest BCUT2D eigenvalue weighted by Crippen LogP contribution is 2.48. The molecule has 3 aliphatic rings. The van der Waals surface area contributed by atoms with Crippen LogP contribution >= 0.6 is 0 Å². The summed E-state index contributed by atoms with van der Waals surface area (Å²) >= 11 is 0. The number of anilines is 3. The number of carbonyl (C=O) groups is 3. The highest BCUT2D eigenvalue weighted by atomic mass is 16.7. The zero-order valence-electron chi connectivity index (χ0n) is 38.0. The predicted molar refractivity (Wildman–Crippen MR) is 246 cm³/mol. The second kappa shape index (κ2) is 20.5. The monoisotopic (exact) mass is 908 g/mol. The van der Waals surface area contributed by atoms with Crippen LogP contribution in [0.2, 0.25) is 0 Å². The summed E-state index contributed by atoms with van der Waals surface area (Å²) in [6.07, 6.45) is 0. The van der Waals surface area contributed by atoms with E-state index >= 15 is 0 Å². The Bertz CT molecular complexity index is 2760. The molecule has 3 heterocycles. The Hall–Kier alpha value is -7.60. The number of hydrogen-bond acceptors (Lipinski definition) is 16. The highest BCUT2D eigenvalue weighted by molar-refractivity contribution is 6.04. The van der Waals surface area contributed by atoms with Crippen molar-refractivity contribution >= 4 is 45.9 Å². The average molecular weight is 909 g/mol. The van der Waals surface area contributed by atoms with Gasteiger partial charge in [-0.05, 0) is 48.9 Å². The number of aromatic nitrogens is 1. The van der Waals surface area contributed by atoms with Gasteiger partial charge in [-0.15, -0.1) is 4.73 Å². The fraction of sp³-hybridized carbons (Fsp3) is 0.333. The molecule has 0 unspecified atom stereocenters. The largest absolute Gasteiger partial charge is 0.492 e. The van der Waals surface area contributed by atoms with Gasteiger partial charge < -0.3 is 62.6 Å². The summed E-state index contributed by atoms with van der Waals surface area (Å²) in [7, 11) is 10.4. The van der Waals surface area contributed by atoms with Crippen LogP contribution in [0.25, 0.3) is 33.4 Å². The molecule has 0 spiro atoms. The topological polar surface area (TPSA) is 187 Å². The van der Waals surface area contributed by atoms with Crippen LogP contribution in [0, 0.1) is 6.92 Å². The van der Waals surface area contributed by atoms with Gasteiger partial charge in [0.25, 0.3) is 0 Å². The number of rotatable bonds is 10. The Labute approximate surface area is 381 Å². The molecule has 0 radical (unpaired) electrons. The average Bonchev–Trinajstić information content (AvgIpc) is 3.61. The first kappa shape index (κ1) is 46.4. The Morgan fingerprint density at radius 3 is 2.02 bits per heavy atom. The number of aryl methyl sites for hydroxylation is 1. The van der Waals surface area contributed by atoms with Crippen LogP contribution < -0.4 is 43.7 Å². The first-order valence-corrected chi connectivity index (χ1v) is 21.1. The minimum Gasteiger partial charge on any atom is -0.492 e. The molecule has 1 aromatic heterocycles. The maximum absolute atomic E-state index is 13.4. The number of hydrogen-bond donors (Lipinski definition) is 2. The van der Waals surface area contributed by atoms with Crippen LogP contribution in [-0.2, 0) is 28.6 Å². The number of fused-ring (bicyclic) bond motifs is 4. The smallest absolute Gasteiger partial charge is 0.370 e. The molecule has 18 heteroatoms. The van der Waals surface area contributed by atoms with Crippen LogP contribution in [0.1, 0.15) is 5.56 Å². The fourth-order valence-corrected chi connectivity index (χ4v) is 7.46. The lowest BCUT2D eigenvalue weighted by Crippen LogP contribution is -2.36. The van der Waals surface area contributed by atoms with Crippen LogP contribution in [0.15, 0.2) is 83.3 Å². The van der Waals surface area contributed by atoms with Gasteiger partial charge in [0.1, 0.15) is 69.0 Å². The van der Waals surface area contributed by atoms with E-state index in [0.717, 1.165) is 16.6 Å². The number of aromatic hydroxyl groups is 2. The molecular weight excluding hydrogens is 855 g/mol. The van der Waals surface area contributed by atoms with Gasteiger partial charge in [0.2, 0.25) is 17.1 Å². The Morgan fingerprint density at radius 2 is 1.38 bits per heavy atom. The van der Waals surface area contributed by atoms with Crippen LogP contribution in [-0.4, -0.2) is 134 Å². The van der Waals surface area contributed by atoms with E-state index in [1.165, 1.54) is 26.4 Å². The van der Waals surface area contributed by atoms with E-state index in [0.29, 0.717) is 67.6 Å². The third-order valence-electron chi connectivity index (χ3n) is 10.9. The summed E-state index contributed by atoms with van der Waals surface area (Å²) in [5.41, 5.74) is 5.35. The van der Waals surface area contributed by atoms with Crippen molar-refractivity contribution in [1.82, 2.24) is 9.31 Å². The predicted octanol–water partition coefficient (Wildman–Crippen LogP) is 4.30. The van der Waals surface area contributed by atoms with Crippen molar-refractivity contribution in [3.05, 3.63) is 89.8 Å². The SMILES string of the molecule is COC(=O)CN1CCOCCN(CC(=O)OC)c2cc(OCC(=O)On3c(O)ccc3O)c(-c3c4ccc(=[N+](C)C)cc-4oc4cc(N(C)C)ccc34)cc2OCCOc2cc(C)ccc21. The van der Waals surface area contributed by atoms with E-state index in [1.54, 1.807) is 17.0 Å². The molecule has 348 valence electrons. The third kappa shape index (κ3) is 10.5. The molecule has 66 heavy (non-hydrogen) atoms. The normalized spacial score (nSPS) is 13.3. The molecule has 0 bridgehead atoms. The van der Waals surface area contributed by atoms with E-state index in [2.05, 4.69) is 0 Å². The minimum absolute atomic E-state index is 0.0276. The lowest BCUT2D eigenvalue weighted by atomic mass is 9.92. The Kier molecular flexibility index (Phi) is 14.4. The van der Waals surface area contributed by atoms with Crippen molar-refractivity contribution in [2.45, 2.75) is 6.92 Å². The second-order valence-corrected chi connectivity index (χ2v) is 15.8. The van der Waals surface area contributed by atoms with Crippen molar-refractivity contribution in [2.75, 3.05) is 116 Å². The van der Waals surface area contributed by atoms with Crippen molar-refractivity contribution in [1.29, 1.82) is 0 Å². The lowest BCUT2D eigenvalue weighted by Gasteiger charge is -2.28. The van der Waals surface area contributed by atoms with Crippen molar-refractivity contribution in [3.8, 4) is 51.5 Å². The molecule has 0 atom stereocenters. The Morgan fingerprint density at radius 1 is 0.727 bits per heavy atom. The Balaban J connectivity index is 1.41. The van der Waals surface area contributed by atoms with Gasteiger partial charge in [-0.25, -0.2) is 9.37 Å². The van der Waals surface area contributed by atoms with E-state index in [1.807, 2.05) is 104 Å². The van der Waals surface area contributed by atoms with E-state index in [-0.39, 0.29) is 51.8 Å². The summed E-state index contributed by atoms with van der Waals surface area (Å²) in [5, 5.41) is 22.0. The molecule has 1 aliphatic carbocycles. The quantitative estimate of drug-likeness (QED) is 0.112. The molecule has 4 aromatic rings. The maximum atomic E-state index is 13.4. The molecule has 18 nitrogen and oxygen atoms in total. The number of benzene rings is 4. The zero-order chi connectivity index (χ0) is 47.1. The summed E-state index contributed by atoms with van der Waals surface area (Å²) in [6.45, 7) is 1.90. The number of methoxy groups -OCH3 is 2. The van der Waals surface area contributed by atoms with Gasteiger partial charge in [0.15, 0.2) is 6.61 Å². The van der Waals surface area contributed by atoms with Gasteiger partial charge in [0.05, 0.1) is 44.9 Å². The van der Waals surface area contributed by atoms with Crippen LogP contribution in [0.5, 0.6) is 29.0 Å². The maximum Gasteiger partial charge on any atom is 0.370 e. The van der Waals surface area contributed by atoms with Crippen LogP contribution in [0.3, 0.4) is 0 Å². The first-order chi connectivity index (χ1) is 31.7. The highest BCUT2D eigenvalue weighted by Gasteiger charge is 2.27. The van der Waals surface area contributed by atoms with Crippen molar-refractivity contribution < 1.29 is 62.3 Å². The van der Waals surface area contributed by atoms with E-state index < -0.39 is 36.3 Å². The molecular formula is C48H54N5O13+. The summed E-state index contributed by atoms with van der Waals surface area (Å²) in [5.74, 6) is -1.32. The fourth-order valence-electron chi connectivity index (χ4n) is 7.46. The summed E-state index contributed by atoms with van der Waals surface area (Å²) in [4.78, 5) is 49.8. The zero-order valence-corrected chi connectivity index (χ0v) is 38.0. The number of ether oxygens (including phenoxy) is 6. The van der Waals surface area contributed by atoms with Gasteiger partial charge in [0, 0.05) is 85.3 Å². The second-order valence-electron chi connectivity index (χ2n) is 15.8. The van der Waals surface area contributed by atoms with Gasteiger partial charge in [-0.1, -0.05) is 6.07 Å². The first-order valence-electron chi connectivity index (χ1n) is 21.1. The number of esters is 2. The van der Waals surface area contributed by atoms with Crippen molar-refractivity contribution in [2.24, 2.45) is 0 Å². The minimum atomic E-state index is -0.951. The molecule has 2 N–H and O–H groups in total. The van der Waals surface area contributed by atoms with Gasteiger partial charge >= 0.3 is 17.9 Å². The number of nitrogens with zero attached hydrogens (tertiary/aromatic N) is 5. The van der Waals surface area contributed by atoms with Crippen LogP contribution in [0.4, 0.5) is 17.1 Å². The molecule has 0 saturated heterocycles. The van der Waals surface area contributed by atoms with E-state index in [9.17, 15) is 24.6 Å². The molecule has 2 aliphatic heterocycles.